The Morgan fingerprint density at radius 1 is 1.57 bits per heavy atom. The Hall–Kier alpha value is -1.42. The first-order valence-electron chi connectivity index (χ1n) is 3.62. The Kier molecular flexibility index (Phi) is 3.19. The van der Waals surface area contributed by atoms with Crippen LogP contribution in [0, 0.1) is 5.82 Å². The van der Waals surface area contributed by atoms with Gasteiger partial charge in [0, 0.05) is 0 Å². The van der Waals surface area contributed by atoms with Crippen LogP contribution in [-0.4, -0.2) is 18.6 Å². The van der Waals surface area contributed by atoms with Gasteiger partial charge in [0.1, 0.15) is 11.6 Å². The first kappa shape index (κ1) is 10.7. The van der Waals surface area contributed by atoms with E-state index in [-0.39, 0.29) is 16.9 Å². The molecule has 5 heteroatoms. The summed E-state index contributed by atoms with van der Waals surface area (Å²) in [6.45, 7) is 0. The second-order valence-electron chi connectivity index (χ2n) is 2.47. The van der Waals surface area contributed by atoms with E-state index in [0.29, 0.717) is 6.29 Å². The fraction of sp³-hybridized carbons (Fsp3) is 0.111. The monoisotopic (exact) mass is 216 g/mol. The Morgan fingerprint density at radius 3 is 2.64 bits per heavy atom. The third-order valence-electron chi connectivity index (χ3n) is 1.63. The summed E-state index contributed by atoms with van der Waals surface area (Å²) in [5.74, 6) is -0.724. The summed E-state index contributed by atoms with van der Waals surface area (Å²) < 4.78 is 17.6. The van der Waals surface area contributed by atoms with E-state index in [4.69, 9.17) is 16.3 Å². The van der Waals surface area contributed by atoms with Crippen molar-refractivity contribution in [3.8, 4) is 5.75 Å². The molecule has 1 aromatic rings. The summed E-state index contributed by atoms with van der Waals surface area (Å²) in [4.78, 5) is 21.4. The van der Waals surface area contributed by atoms with E-state index >= 15 is 0 Å². The van der Waals surface area contributed by atoms with Gasteiger partial charge in [0.05, 0.1) is 18.2 Å². The summed E-state index contributed by atoms with van der Waals surface area (Å²) in [6.07, 6.45) is 0.394. The van der Waals surface area contributed by atoms with Gasteiger partial charge in [-0.1, -0.05) is 0 Å². The lowest BCUT2D eigenvalue weighted by atomic mass is 10.1. The van der Waals surface area contributed by atoms with Crippen molar-refractivity contribution >= 4 is 23.1 Å². The quantitative estimate of drug-likeness (QED) is 0.574. The van der Waals surface area contributed by atoms with E-state index in [1.54, 1.807) is 0 Å². The van der Waals surface area contributed by atoms with Crippen LogP contribution in [0.4, 0.5) is 4.39 Å². The molecule has 0 unspecified atom stereocenters. The minimum Gasteiger partial charge on any atom is -0.495 e. The minimum absolute atomic E-state index is 0.0126. The lowest BCUT2D eigenvalue weighted by Gasteiger charge is -2.07. The second-order valence-corrected chi connectivity index (χ2v) is 2.81. The van der Waals surface area contributed by atoms with E-state index in [1.165, 1.54) is 7.11 Å². The molecule has 3 nitrogen and oxygen atoms in total. The third-order valence-corrected chi connectivity index (χ3v) is 1.83. The predicted octanol–water partition coefficient (Wildman–Crippen LogP) is 2.03. The topological polar surface area (TPSA) is 43.4 Å². The maximum absolute atomic E-state index is 12.9. The number of methoxy groups -OCH3 is 1. The van der Waals surface area contributed by atoms with E-state index in [9.17, 15) is 14.0 Å². The molecule has 0 aliphatic heterocycles. The number of ether oxygens (including phenoxy) is 1. The van der Waals surface area contributed by atoms with E-state index < -0.39 is 11.1 Å². The van der Waals surface area contributed by atoms with Crippen LogP contribution in [-0.2, 0) is 0 Å². The third kappa shape index (κ3) is 1.90. The van der Waals surface area contributed by atoms with Crippen molar-refractivity contribution in [2.45, 2.75) is 0 Å². The summed E-state index contributed by atoms with van der Waals surface area (Å²) in [5.41, 5.74) is -0.201. The number of hydrogen-bond acceptors (Lipinski definition) is 3. The molecule has 0 saturated carbocycles. The zero-order valence-corrected chi connectivity index (χ0v) is 7.97. The Bertz CT molecular complexity index is 390. The van der Waals surface area contributed by atoms with Crippen molar-refractivity contribution in [1.82, 2.24) is 0 Å². The SMILES string of the molecule is COc1c(C=O)cc(F)cc1C(=O)Cl. The Labute approximate surface area is 84.4 Å². The van der Waals surface area contributed by atoms with Gasteiger partial charge in [-0.05, 0) is 23.7 Å². The van der Waals surface area contributed by atoms with Gasteiger partial charge in [0.25, 0.3) is 5.24 Å². The van der Waals surface area contributed by atoms with Crippen molar-refractivity contribution in [3.05, 3.63) is 29.1 Å². The van der Waals surface area contributed by atoms with Crippen LogP contribution < -0.4 is 4.74 Å². The molecule has 74 valence electrons. The van der Waals surface area contributed by atoms with Gasteiger partial charge < -0.3 is 4.74 Å². The van der Waals surface area contributed by atoms with Gasteiger partial charge in [0.2, 0.25) is 0 Å². The maximum atomic E-state index is 12.9. The normalized spacial score (nSPS) is 9.64. The molecule has 0 saturated heterocycles. The lowest BCUT2D eigenvalue weighted by molar-refractivity contribution is 0.107. The Balaban J connectivity index is 3.46. The van der Waals surface area contributed by atoms with Gasteiger partial charge >= 0.3 is 0 Å². The number of halogens is 2. The zero-order valence-electron chi connectivity index (χ0n) is 7.21. The average Bonchev–Trinajstić information content (AvgIpc) is 2.16. The van der Waals surface area contributed by atoms with Gasteiger partial charge in [-0.3, -0.25) is 9.59 Å². The first-order valence-corrected chi connectivity index (χ1v) is 4.00. The standard InChI is InChI=1S/C9H6ClFO3/c1-14-8-5(4-12)2-6(11)3-7(8)9(10)13/h2-4H,1H3. The molecule has 0 spiro atoms. The Morgan fingerprint density at radius 2 is 2.21 bits per heavy atom. The molecule has 0 radical (unpaired) electrons. The molecule has 0 aliphatic rings. The van der Waals surface area contributed by atoms with E-state index in [0.717, 1.165) is 12.1 Å². The molecular formula is C9H6ClFO3. The number of benzene rings is 1. The lowest BCUT2D eigenvalue weighted by Crippen LogP contribution is -2.00. The highest BCUT2D eigenvalue weighted by molar-refractivity contribution is 6.68. The molecule has 0 aromatic heterocycles. The molecule has 0 fully saturated rings. The first-order chi connectivity index (χ1) is 6.60. The highest BCUT2D eigenvalue weighted by Gasteiger charge is 2.15. The van der Waals surface area contributed by atoms with Crippen molar-refractivity contribution in [3.63, 3.8) is 0 Å². The van der Waals surface area contributed by atoms with Crippen LogP contribution in [0.15, 0.2) is 12.1 Å². The fourth-order valence-corrected chi connectivity index (χ4v) is 1.22. The maximum Gasteiger partial charge on any atom is 0.256 e. The molecule has 1 aromatic carbocycles. The molecule has 0 bridgehead atoms. The molecular weight excluding hydrogens is 211 g/mol. The van der Waals surface area contributed by atoms with Crippen molar-refractivity contribution in [1.29, 1.82) is 0 Å². The number of aldehydes is 1. The zero-order chi connectivity index (χ0) is 10.7. The van der Waals surface area contributed by atoms with Gasteiger partial charge in [-0.2, -0.15) is 0 Å². The van der Waals surface area contributed by atoms with Crippen molar-refractivity contribution < 1.29 is 18.7 Å². The minimum atomic E-state index is -0.871. The number of carbonyl (C=O) groups excluding carboxylic acids is 2. The molecule has 1 rings (SSSR count). The van der Waals surface area contributed by atoms with Gasteiger partial charge in [0.15, 0.2) is 6.29 Å². The summed E-state index contributed by atoms with van der Waals surface area (Å²) in [6, 6.07) is 1.89. The molecule has 0 N–H and O–H groups in total. The van der Waals surface area contributed by atoms with Crippen LogP contribution in [0.25, 0.3) is 0 Å². The van der Waals surface area contributed by atoms with Crippen LogP contribution in [0.5, 0.6) is 5.75 Å². The second kappa shape index (κ2) is 4.19. The number of hydrogen-bond donors (Lipinski definition) is 0. The van der Waals surface area contributed by atoms with Gasteiger partial charge in [-0.15, -0.1) is 0 Å². The highest BCUT2D eigenvalue weighted by atomic mass is 35.5. The van der Waals surface area contributed by atoms with Crippen LogP contribution in [0.2, 0.25) is 0 Å². The number of carbonyl (C=O) groups is 2. The average molecular weight is 217 g/mol. The molecule has 14 heavy (non-hydrogen) atoms. The van der Waals surface area contributed by atoms with Crippen LogP contribution >= 0.6 is 11.6 Å². The smallest absolute Gasteiger partial charge is 0.256 e. The largest absolute Gasteiger partial charge is 0.495 e. The van der Waals surface area contributed by atoms with E-state index in [2.05, 4.69) is 0 Å². The van der Waals surface area contributed by atoms with Crippen molar-refractivity contribution in [2.75, 3.05) is 7.11 Å². The molecule has 0 amide bonds. The number of rotatable bonds is 3. The molecule has 0 heterocycles. The molecule has 0 aliphatic carbocycles. The highest BCUT2D eigenvalue weighted by Crippen LogP contribution is 2.25. The summed E-state index contributed by atoms with van der Waals surface area (Å²) >= 11 is 5.19. The predicted molar refractivity (Wildman–Crippen MR) is 48.5 cm³/mol. The summed E-state index contributed by atoms with van der Waals surface area (Å²) in [7, 11) is 1.27. The molecule has 0 atom stereocenters. The van der Waals surface area contributed by atoms with Crippen LogP contribution in [0.1, 0.15) is 20.7 Å². The summed E-state index contributed by atoms with van der Waals surface area (Å²) in [5, 5.41) is -0.871. The van der Waals surface area contributed by atoms with Crippen molar-refractivity contribution in [2.24, 2.45) is 0 Å². The van der Waals surface area contributed by atoms with Gasteiger partial charge in [-0.25, -0.2) is 4.39 Å². The van der Waals surface area contributed by atoms with Crippen LogP contribution in [0.3, 0.4) is 0 Å². The van der Waals surface area contributed by atoms with E-state index in [1.807, 2.05) is 0 Å². The fourth-order valence-electron chi connectivity index (χ4n) is 1.08.